The maximum Gasteiger partial charge on any atom is 0.186 e. The van der Waals surface area contributed by atoms with Gasteiger partial charge in [0.2, 0.25) is 0 Å². The highest BCUT2D eigenvalue weighted by molar-refractivity contribution is 4.89. The topological polar surface area (TPSA) is 99.4 Å². The highest BCUT2D eigenvalue weighted by atomic mass is 16.7. The SMILES string of the molecule is CCCCCCC(CCCCC)O[C@H]1O[C@H](CO)[C@@H](O)[C@H](O)[C@H]1O. The Labute approximate surface area is 145 Å². The molecule has 0 aromatic heterocycles. The highest BCUT2D eigenvalue weighted by Gasteiger charge is 2.44. The molecule has 24 heavy (non-hydrogen) atoms. The van der Waals surface area contributed by atoms with Crippen molar-refractivity contribution >= 4 is 0 Å². The van der Waals surface area contributed by atoms with Gasteiger partial charge in [0, 0.05) is 0 Å². The molecule has 1 heterocycles. The van der Waals surface area contributed by atoms with Crippen molar-refractivity contribution in [2.75, 3.05) is 6.61 Å². The molecule has 0 radical (unpaired) electrons. The molecule has 0 amide bonds. The summed E-state index contributed by atoms with van der Waals surface area (Å²) in [6.07, 6.45) is 3.65. The zero-order valence-corrected chi connectivity index (χ0v) is 15.1. The van der Waals surface area contributed by atoms with E-state index in [1.807, 2.05) is 0 Å². The maximum atomic E-state index is 10.1. The van der Waals surface area contributed by atoms with Crippen molar-refractivity contribution < 1.29 is 29.9 Å². The molecule has 4 N–H and O–H groups in total. The first-order chi connectivity index (χ1) is 11.5. The van der Waals surface area contributed by atoms with Crippen LogP contribution in [0.1, 0.15) is 71.6 Å². The number of unbranched alkanes of at least 4 members (excludes halogenated alkanes) is 5. The molecule has 1 saturated heterocycles. The molecule has 1 aliphatic heterocycles. The Balaban J connectivity index is 2.57. The third-order valence-electron chi connectivity index (χ3n) is 4.68. The number of aliphatic hydroxyl groups is 4. The molecule has 0 saturated carbocycles. The number of aliphatic hydroxyl groups excluding tert-OH is 4. The second-order valence-electron chi connectivity index (χ2n) is 6.80. The molecule has 0 aromatic rings. The van der Waals surface area contributed by atoms with Gasteiger partial charge in [0.15, 0.2) is 6.29 Å². The molecule has 1 rings (SSSR count). The summed E-state index contributed by atoms with van der Waals surface area (Å²) in [5, 5.41) is 39.1. The number of rotatable bonds is 12. The fraction of sp³-hybridized carbons (Fsp3) is 1.00. The Hall–Kier alpha value is -0.240. The van der Waals surface area contributed by atoms with Gasteiger partial charge < -0.3 is 29.9 Å². The number of ether oxygens (including phenoxy) is 2. The van der Waals surface area contributed by atoms with Crippen molar-refractivity contribution in [2.24, 2.45) is 0 Å². The van der Waals surface area contributed by atoms with Crippen LogP contribution in [0.3, 0.4) is 0 Å². The lowest BCUT2D eigenvalue weighted by Crippen LogP contribution is -2.59. The largest absolute Gasteiger partial charge is 0.394 e. The lowest BCUT2D eigenvalue weighted by atomic mass is 9.99. The van der Waals surface area contributed by atoms with E-state index in [1.165, 1.54) is 12.8 Å². The Morgan fingerprint density at radius 3 is 2.00 bits per heavy atom. The van der Waals surface area contributed by atoms with Crippen LogP contribution in [0.2, 0.25) is 0 Å². The maximum absolute atomic E-state index is 10.1. The van der Waals surface area contributed by atoms with Crippen molar-refractivity contribution in [3.05, 3.63) is 0 Å². The van der Waals surface area contributed by atoms with E-state index in [0.29, 0.717) is 0 Å². The average molecular weight is 348 g/mol. The monoisotopic (exact) mass is 348 g/mol. The number of hydrogen-bond acceptors (Lipinski definition) is 6. The average Bonchev–Trinajstić information content (AvgIpc) is 2.58. The van der Waals surface area contributed by atoms with Gasteiger partial charge in [-0.25, -0.2) is 0 Å². The quantitative estimate of drug-likeness (QED) is 0.401. The van der Waals surface area contributed by atoms with E-state index in [9.17, 15) is 20.4 Å². The fourth-order valence-corrected chi connectivity index (χ4v) is 3.07. The lowest BCUT2D eigenvalue weighted by molar-refractivity contribution is -0.312. The van der Waals surface area contributed by atoms with Crippen LogP contribution in [0.4, 0.5) is 0 Å². The molecule has 6 heteroatoms. The highest BCUT2D eigenvalue weighted by Crippen LogP contribution is 2.25. The van der Waals surface area contributed by atoms with Crippen LogP contribution in [0.15, 0.2) is 0 Å². The molecule has 0 aromatic carbocycles. The van der Waals surface area contributed by atoms with Crippen LogP contribution >= 0.6 is 0 Å². The molecule has 6 nitrogen and oxygen atoms in total. The lowest BCUT2D eigenvalue weighted by Gasteiger charge is -2.41. The van der Waals surface area contributed by atoms with E-state index >= 15 is 0 Å². The van der Waals surface area contributed by atoms with E-state index in [4.69, 9.17) is 9.47 Å². The van der Waals surface area contributed by atoms with Crippen LogP contribution in [0, 0.1) is 0 Å². The molecule has 1 fully saturated rings. The standard InChI is InChI=1S/C18H36O6/c1-3-5-7-9-11-13(10-8-6-4-2)23-18-17(22)16(21)15(20)14(12-19)24-18/h13-22H,3-12H2,1-2H3/t13?,14-,15-,16+,17-,18+/m1/s1. The van der Waals surface area contributed by atoms with Crippen molar-refractivity contribution in [1.29, 1.82) is 0 Å². The Morgan fingerprint density at radius 2 is 1.42 bits per heavy atom. The van der Waals surface area contributed by atoms with Gasteiger partial charge in [0.1, 0.15) is 24.4 Å². The molecular weight excluding hydrogens is 312 g/mol. The minimum Gasteiger partial charge on any atom is -0.394 e. The van der Waals surface area contributed by atoms with E-state index in [0.717, 1.165) is 44.9 Å². The van der Waals surface area contributed by atoms with Crippen LogP contribution in [-0.2, 0) is 9.47 Å². The van der Waals surface area contributed by atoms with Gasteiger partial charge in [-0.2, -0.15) is 0 Å². The second kappa shape index (κ2) is 12.2. The summed E-state index contributed by atoms with van der Waals surface area (Å²) in [5.41, 5.74) is 0. The van der Waals surface area contributed by atoms with E-state index < -0.39 is 37.3 Å². The van der Waals surface area contributed by atoms with Crippen molar-refractivity contribution in [3.63, 3.8) is 0 Å². The van der Waals surface area contributed by atoms with E-state index in [-0.39, 0.29) is 6.10 Å². The first-order valence-corrected chi connectivity index (χ1v) is 9.51. The first kappa shape index (κ1) is 21.8. The van der Waals surface area contributed by atoms with Crippen molar-refractivity contribution in [2.45, 2.75) is 108 Å². The van der Waals surface area contributed by atoms with Gasteiger partial charge in [-0.1, -0.05) is 58.8 Å². The zero-order valence-electron chi connectivity index (χ0n) is 15.1. The predicted molar refractivity (Wildman–Crippen MR) is 91.5 cm³/mol. The van der Waals surface area contributed by atoms with Crippen molar-refractivity contribution in [1.82, 2.24) is 0 Å². The third-order valence-corrected chi connectivity index (χ3v) is 4.68. The van der Waals surface area contributed by atoms with E-state index in [1.54, 1.807) is 0 Å². The van der Waals surface area contributed by atoms with Gasteiger partial charge in [-0.05, 0) is 12.8 Å². The van der Waals surface area contributed by atoms with E-state index in [2.05, 4.69) is 13.8 Å². The predicted octanol–water partition coefficient (Wildman–Crippen LogP) is 1.72. The minimum absolute atomic E-state index is 0.0464. The summed E-state index contributed by atoms with van der Waals surface area (Å²) in [7, 11) is 0. The van der Waals surface area contributed by atoms with Gasteiger partial charge >= 0.3 is 0 Å². The second-order valence-corrected chi connectivity index (χ2v) is 6.80. The molecule has 6 atom stereocenters. The summed E-state index contributed by atoms with van der Waals surface area (Å²) in [6, 6.07) is 0. The fourth-order valence-electron chi connectivity index (χ4n) is 3.07. The summed E-state index contributed by atoms with van der Waals surface area (Å²) < 4.78 is 11.4. The minimum atomic E-state index is -1.38. The first-order valence-electron chi connectivity index (χ1n) is 9.51. The molecule has 1 unspecified atom stereocenters. The molecule has 0 aliphatic carbocycles. The Morgan fingerprint density at radius 1 is 0.833 bits per heavy atom. The summed E-state index contributed by atoms with van der Waals surface area (Å²) in [5.74, 6) is 0. The number of hydrogen-bond donors (Lipinski definition) is 4. The summed E-state index contributed by atoms with van der Waals surface area (Å²) in [4.78, 5) is 0. The molecule has 0 bridgehead atoms. The van der Waals surface area contributed by atoms with Gasteiger partial charge in [0.25, 0.3) is 0 Å². The van der Waals surface area contributed by atoms with Crippen LogP contribution in [-0.4, -0.2) is 63.8 Å². The third kappa shape index (κ3) is 6.94. The van der Waals surface area contributed by atoms with Crippen LogP contribution in [0.5, 0.6) is 0 Å². The van der Waals surface area contributed by atoms with Crippen LogP contribution in [0.25, 0.3) is 0 Å². The molecular formula is C18H36O6. The van der Waals surface area contributed by atoms with Crippen LogP contribution < -0.4 is 0 Å². The summed E-state index contributed by atoms with van der Waals surface area (Å²) in [6.45, 7) is 3.89. The molecule has 144 valence electrons. The smallest absolute Gasteiger partial charge is 0.186 e. The molecule has 1 aliphatic rings. The summed E-state index contributed by atoms with van der Waals surface area (Å²) >= 11 is 0. The van der Waals surface area contributed by atoms with Gasteiger partial charge in [0.05, 0.1) is 12.7 Å². The van der Waals surface area contributed by atoms with Crippen molar-refractivity contribution in [3.8, 4) is 0 Å². The normalized spacial score (nSPS) is 32.0. The Bertz CT molecular complexity index is 312. The van der Waals surface area contributed by atoms with Gasteiger partial charge in [-0.15, -0.1) is 0 Å². The Kier molecular flexibility index (Phi) is 11.1. The van der Waals surface area contributed by atoms with Gasteiger partial charge in [-0.3, -0.25) is 0 Å². The zero-order chi connectivity index (χ0) is 17.9. The molecule has 0 spiro atoms.